The summed E-state index contributed by atoms with van der Waals surface area (Å²) in [5, 5.41) is 0. The van der Waals surface area contributed by atoms with Gasteiger partial charge < -0.3 is 18.5 Å². The fraction of sp³-hybridized carbons (Fsp3) is 0. The van der Waals surface area contributed by atoms with E-state index in [4.69, 9.17) is 0 Å². The van der Waals surface area contributed by atoms with Crippen LogP contribution in [0.15, 0.2) is 0 Å². The van der Waals surface area contributed by atoms with Gasteiger partial charge in [-0.15, -0.1) is 0 Å². The minimum atomic E-state index is 0. The summed E-state index contributed by atoms with van der Waals surface area (Å²) in [7, 11) is 0. The summed E-state index contributed by atoms with van der Waals surface area (Å²) in [5.41, 5.74) is 0. The van der Waals surface area contributed by atoms with Crippen LogP contribution in [-0.2, 0) is 67.4 Å². The zero-order valence-corrected chi connectivity index (χ0v) is 6.92. The molecule has 7 heteroatoms. The van der Waals surface area contributed by atoms with Gasteiger partial charge in [-0.2, -0.15) is 0 Å². The Morgan fingerprint density at radius 1 is 0.429 bits per heavy atom. The molecule has 0 aromatic heterocycles. The Bertz CT molecular complexity index is 10.1. The molecule has 4 radical (unpaired) electrons. The summed E-state index contributed by atoms with van der Waals surface area (Å²) in [5.74, 6) is 0. The quantitative estimate of drug-likeness (QED) is 0.586. The van der Waals surface area contributed by atoms with Crippen LogP contribution in [0.4, 0.5) is 0 Å². The molecule has 0 aliphatic heterocycles. The molecular weight excluding hydrogens is 275 g/mol. The number of hydrogen-bond acceptors (Lipinski definition) is 0. The molecule has 0 saturated carbocycles. The Morgan fingerprint density at radius 3 is 0.429 bits per heavy atom. The predicted octanol–water partition coefficient (Wildman–Crippen LogP) is 0.856. The third-order valence-corrected chi connectivity index (χ3v) is 0. The normalized spacial score (nSPS) is 0. The largest absolute Gasteiger partial charge is 3.00 e. The van der Waals surface area contributed by atoms with E-state index in [1.54, 1.807) is 0 Å². The van der Waals surface area contributed by atoms with Gasteiger partial charge in [-0.1, -0.05) is 0 Å². The predicted molar refractivity (Wildman–Crippen MR) is 10.1 cm³/mol. The molecule has 0 heterocycles. The van der Waals surface area contributed by atoms with Crippen molar-refractivity contribution in [3.05, 3.63) is 18.5 Å². The Kier molecular flexibility index (Phi) is 2230. The van der Waals surface area contributed by atoms with Gasteiger partial charge in [0.15, 0.2) is 0 Å². The Balaban J connectivity index is 0. The molecule has 0 bridgehead atoms. The van der Waals surface area contributed by atoms with Crippen molar-refractivity contribution < 1.29 is 67.4 Å². The molecular formula is Co3FeN3. The first kappa shape index (κ1) is 152. The summed E-state index contributed by atoms with van der Waals surface area (Å²) in [6, 6.07) is 0. The molecule has 0 atom stereocenters. The SMILES string of the molecule is [Co+2].[Co+2].[Co+2].[Fe+3].[N-3].[N-3].[N-3]. The first-order chi connectivity index (χ1) is 0. The van der Waals surface area contributed by atoms with Crippen molar-refractivity contribution in [2.24, 2.45) is 0 Å². The van der Waals surface area contributed by atoms with Gasteiger partial charge in [-0.25, -0.2) is 0 Å². The average molecular weight is 275 g/mol. The fourth-order valence-electron chi connectivity index (χ4n) is 0. The summed E-state index contributed by atoms with van der Waals surface area (Å²) >= 11 is 0. The van der Waals surface area contributed by atoms with Gasteiger partial charge >= 0.3 is 67.4 Å². The van der Waals surface area contributed by atoms with Gasteiger partial charge in [0.25, 0.3) is 0 Å². The van der Waals surface area contributed by atoms with Crippen molar-refractivity contribution >= 4 is 0 Å². The van der Waals surface area contributed by atoms with Gasteiger partial charge in [0, 0.05) is 0 Å². The van der Waals surface area contributed by atoms with E-state index >= 15 is 0 Å². The molecule has 0 rings (SSSR count). The van der Waals surface area contributed by atoms with E-state index in [-0.39, 0.29) is 85.9 Å². The molecule has 0 unspecified atom stereocenters. The van der Waals surface area contributed by atoms with Crippen LogP contribution >= 0.6 is 0 Å². The molecule has 0 aromatic carbocycles. The van der Waals surface area contributed by atoms with E-state index in [9.17, 15) is 0 Å². The van der Waals surface area contributed by atoms with Crippen LogP contribution in [0.5, 0.6) is 0 Å². The van der Waals surface area contributed by atoms with Crippen LogP contribution < -0.4 is 0 Å². The van der Waals surface area contributed by atoms with Gasteiger partial charge in [0.2, 0.25) is 0 Å². The van der Waals surface area contributed by atoms with Crippen LogP contribution in [0, 0.1) is 0 Å². The molecule has 0 saturated heterocycles. The van der Waals surface area contributed by atoms with Crippen molar-refractivity contribution in [2.45, 2.75) is 0 Å². The van der Waals surface area contributed by atoms with Crippen LogP contribution in [0.2, 0.25) is 0 Å². The smallest absolute Gasteiger partial charge is 3.00 e. The van der Waals surface area contributed by atoms with Gasteiger partial charge in [0.05, 0.1) is 0 Å². The van der Waals surface area contributed by atoms with Gasteiger partial charge in [0.1, 0.15) is 0 Å². The third kappa shape index (κ3) is 75.3. The first-order valence-corrected chi connectivity index (χ1v) is 0. The average Bonchev–Trinajstić information content (AvgIpc) is 0. The second kappa shape index (κ2) is 103. The van der Waals surface area contributed by atoms with E-state index < -0.39 is 0 Å². The molecule has 0 aliphatic rings. The number of nitrogens with zero attached hydrogens (tertiary/aromatic N) is 3. The molecule has 0 aromatic rings. The van der Waals surface area contributed by atoms with E-state index in [1.165, 1.54) is 0 Å². The zero-order valence-electron chi connectivity index (χ0n) is 2.70. The molecule has 50 valence electrons. The van der Waals surface area contributed by atoms with E-state index in [0.29, 0.717) is 0 Å². The van der Waals surface area contributed by atoms with Crippen LogP contribution in [0.3, 0.4) is 0 Å². The number of hydrogen-bond donors (Lipinski definition) is 0. The molecule has 7 heavy (non-hydrogen) atoms. The van der Waals surface area contributed by atoms with E-state index in [2.05, 4.69) is 0 Å². The van der Waals surface area contributed by atoms with Crippen LogP contribution in [-0.4, -0.2) is 0 Å². The Hall–Kier alpha value is 1.92. The van der Waals surface area contributed by atoms with Crippen LogP contribution in [0.1, 0.15) is 0 Å². The molecule has 0 N–H and O–H groups in total. The molecule has 3 nitrogen and oxygen atoms in total. The van der Waals surface area contributed by atoms with E-state index in [0.717, 1.165) is 0 Å². The fourth-order valence-corrected chi connectivity index (χ4v) is 0. The van der Waals surface area contributed by atoms with Crippen molar-refractivity contribution in [1.82, 2.24) is 0 Å². The second-order valence-electron chi connectivity index (χ2n) is 0. The topological polar surface area (TPSA) is 91.5 Å². The first-order valence-electron chi connectivity index (χ1n) is 0. The zero-order chi connectivity index (χ0) is 0. The molecule has 0 spiro atoms. The maximum absolute atomic E-state index is 0. The number of rotatable bonds is 0. The maximum Gasteiger partial charge on any atom is 3.00 e. The van der Waals surface area contributed by atoms with Crippen molar-refractivity contribution in [3.8, 4) is 0 Å². The van der Waals surface area contributed by atoms with Crippen molar-refractivity contribution in [2.75, 3.05) is 0 Å². The monoisotopic (exact) mass is 275 g/mol. The molecule has 0 amide bonds. The minimum Gasteiger partial charge on any atom is -3.00 e. The summed E-state index contributed by atoms with van der Waals surface area (Å²) < 4.78 is 0. The second-order valence-corrected chi connectivity index (χ2v) is 0. The van der Waals surface area contributed by atoms with Gasteiger partial charge in [-0.3, -0.25) is 0 Å². The third-order valence-electron chi connectivity index (χ3n) is 0. The van der Waals surface area contributed by atoms with Gasteiger partial charge in [-0.05, 0) is 0 Å². The summed E-state index contributed by atoms with van der Waals surface area (Å²) in [4.78, 5) is 0. The van der Waals surface area contributed by atoms with Crippen molar-refractivity contribution in [1.29, 1.82) is 0 Å². The van der Waals surface area contributed by atoms with Crippen molar-refractivity contribution in [3.63, 3.8) is 0 Å². The Labute approximate surface area is 85.3 Å². The standard InChI is InChI=1S/3Co.Fe.3N/q3*+2;+3;3*-3. The van der Waals surface area contributed by atoms with Crippen LogP contribution in [0.25, 0.3) is 18.5 Å². The summed E-state index contributed by atoms with van der Waals surface area (Å²) in [6.07, 6.45) is 0. The minimum absolute atomic E-state index is 0. The maximum atomic E-state index is 0. The van der Waals surface area contributed by atoms with E-state index in [1.807, 2.05) is 0 Å². The Morgan fingerprint density at radius 2 is 0.429 bits per heavy atom. The summed E-state index contributed by atoms with van der Waals surface area (Å²) in [6.45, 7) is 0. The molecule has 0 fully saturated rings. The molecule has 0 aliphatic carbocycles.